The Balaban J connectivity index is 2.00. The second kappa shape index (κ2) is 5.91. The lowest BCUT2D eigenvalue weighted by atomic mass is 9.85. The minimum Gasteiger partial charge on any atom is -0.396 e. The SMILES string of the molecule is Nc1ccc(C(=O)NC2CCCC(C(F)(F)F)C2)cc1F. The number of halogens is 4. The van der Waals surface area contributed by atoms with E-state index < -0.39 is 29.9 Å². The first-order valence-electron chi connectivity index (χ1n) is 6.70. The summed E-state index contributed by atoms with van der Waals surface area (Å²) in [4.78, 5) is 11.9. The number of carbonyl (C=O) groups is 1. The molecule has 3 N–H and O–H groups in total. The van der Waals surface area contributed by atoms with Crippen LogP contribution in [0.4, 0.5) is 23.2 Å². The molecule has 7 heteroatoms. The zero-order valence-electron chi connectivity index (χ0n) is 11.2. The number of alkyl halides is 3. The van der Waals surface area contributed by atoms with Gasteiger partial charge in [0.05, 0.1) is 11.6 Å². The number of nitrogen functional groups attached to an aromatic ring is 1. The molecule has 3 nitrogen and oxygen atoms in total. The van der Waals surface area contributed by atoms with Gasteiger partial charge >= 0.3 is 6.18 Å². The third-order valence-corrected chi connectivity index (χ3v) is 3.73. The van der Waals surface area contributed by atoms with Crippen LogP contribution in [0.15, 0.2) is 18.2 Å². The van der Waals surface area contributed by atoms with Crippen LogP contribution in [-0.4, -0.2) is 18.1 Å². The standard InChI is InChI=1S/C14H16F4N2O/c15-11-6-8(4-5-12(11)19)13(21)20-10-3-1-2-9(7-10)14(16,17)18/h4-6,9-10H,1-3,7,19H2,(H,20,21). The number of rotatable bonds is 2. The number of amides is 1. The molecule has 1 aromatic rings. The Kier molecular flexibility index (Phi) is 4.39. The van der Waals surface area contributed by atoms with E-state index in [-0.39, 0.29) is 24.1 Å². The van der Waals surface area contributed by atoms with Crippen LogP contribution in [0.25, 0.3) is 0 Å². The Hall–Kier alpha value is -1.79. The summed E-state index contributed by atoms with van der Waals surface area (Å²) in [5, 5.41) is 2.54. The third kappa shape index (κ3) is 3.86. The highest BCUT2D eigenvalue weighted by atomic mass is 19.4. The van der Waals surface area contributed by atoms with Crippen LogP contribution < -0.4 is 11.1 Å². The zero-order chi connectivity index (χ0) is 15.6. The number of nitrogens with two attached hydrogens (primary N) is 1. The summed E-state index contributed by atoms with van der Waals surface area (Å²) in [5.74, 6) is -2.69. The van der Waals surface area contributed by atoms with Crippen molar-refractivity contribution in [2.45, 2.75) is 37.9 Å². The molecule has 1 fully saturated rings. The molecule has 1 saturated carbocycles. The van der Waals surface area contributed by atoms with Crippen molar-refractivity contribution < 1.29 is 22.4 Å². The third-order valence-electron chi connectivity index (χ3n) is 3.73. The van der Waals surface area contributed by atoms with Crippen molar-refractivity contribution in [2.24, 2.45) is 5.92 Å². The van der Waals surface area contributed by atoms with Crippen molar-refractivity contribution in [3.8, 4) is 0 Å². The van der Waals surface area contributed by atoms with E-state index in [0.29, 0.717) is 12.8 Å². The van der Waals surface area contributed by atoms with Crippen LogP contribution in [0, 0.1) is 11.7 Å². The highest BCUT2D eigenvalue weighted by molar-refractivity contribution is 5.94. The smallest absolute Gasteiger partial charge is 0.391 e. The van der Waals surface area contributed by atoms with Gasteiger partial charge in [0.2, 0.25) is 0 Å². The van der Waals surface area contributed by atoms with Gasteiger partial charge in [-0.05, 0) is 37.5 Å². The molecule has 116 valence electrons. The monoisotopic (exact) mass is 304 g/mol. The van der Waals surface area contributed by atoms with E-state index in [0.717, 1.165) is 6.07 Å². The van der Waals surface area contributed by atoms with Crippen LogP contribution in [0.5, 0.6) is 0 Å². The minimum absolute atomic E-state index is 0.0517. The van der Waals surface area contributed by atoms with Gasteiger partial charge in [0.25, 0.3) is 5.91 Å². The Labute approximate surface area is 119 Å². The van der Waals surface area contributed by atoms with Crippen LogP contribution in [0.3, 0.4) is 0 Å². The number of hydrogen-bond donors (Lipinski definition) is 2. The van der Waals surface area contributed by atoms with E-state index in [2.05, 4.69) is 5.32 Å². The van der Waals surface area contributed by atoms with Crippen molar-refractivity contribution in [2.75, 3.05) is 5.73 Å². The van der Waals surface area contributed by atoms with E-state index in [1.54, 1.807) is 0 Å². The molecule has 2 unspecified atom stereocenters. The minimum atomic E-state index is -4.24. The first kappa shape index (κ1) is 15.6. The molecule has 0 spiro atoms. The van der Waals surface area contributed by atoms with Gasteiger partial charge in [-0.25, -0.2) is 4.39 Å². The molecule has 0 aromatic heterocycles. The van der Waals surface area contributed by atoms with E-state index >= 15 is 0 Å². The number of hydrogen-bond acceptors (Lipinski definition) is 2. The molecule has 2 rings (SSSR count). The van der Waals surface area contributed by atoms with Crippen molar-refractivity contribution in [3.05, 3.63) is 29.6 Å². The lowest BCUT2D eigenvalue weighted by Crippen LogP contribution is -2.41. The van der Waals surface area contributed by atoms with Gasteiger partial charge in [-0.2, -0.15) is 13.2 Å². The van der Waals surface area contributed by atoms with Gasteiger partial charge in [-0.15, -0.1) is 0 Å². The van der Waals surface area contributed by atoms with Gasteiger partial charge in [-0.3, -0.25) is 4.79 Å². The fourth-order valence-electron chi connectivity index (χ4n) is 2.56. The molecule has 0 radical (unpaired) electrons. The maximum atomic E-state index is 13.3. The maximum Gasteiger partial charge on any atom is 0.391 e. The Morgan fingerprint density at radius 1 is 1.29 bits per heavy atom. The predicted octanol–water partition coefficient (Wildman–Crippen LogP) is 3.26. The number of carbonyl (C=O) groups excluding carboxylic acids is 1. The summed E-state index contributed by atoms with van der Waals surface area (Å²) in [7, 11) is 0. The molecular formula is C14H16F4N2O. The summed E-state index contributed by atoms with van der Waals surface area (Å²) in [6.45, 7) is 0. The lowest BCUT2D eigenvalue weighted by molar-refractivity contribution is -0.183. The molecule has 2 atom stereocenters. The van der Waals surface area contributed by atoms with Gasteiger partial charge in [0.15, 0.2) is 0 Å². The molecule has 1 aliphatic carbocycles. The lowest BCUT2D eigenvalue weighted by Gasteiger charge is -2.31. The Morgan fingerprint density at radius 3 is 2.62 bits per heavy atom. The number of nitrogens with one attached hydrogen (secondary N) is 1. The summed E-state index contributed by atoms with van der Waals surface area (Å²) in [6, 6.07) is 3.04. The summed E-state index contributed by atoms with van der Waals surface area (Å²) in [5.41, 5.74) is 5.28. The van der Waals surface area contributed by atoms with Crippen molar-refractivity contribution in [1.82, 2.24) is 5.32 Å². The van der Waals surface area contributed by atoms with Crippen LogP contribution in [-0.2, 0) is 0 Å². The van der Waals surface area contributed by atoms with E-state index in [4.69, 9.17) is 5.73 Å². The molecule has 1 aliphatic rings. The zero-order valence-corrected chi connectivity index (χ0v) is 11.2. The van der Waals surface area contributed by atoms with E-state index in [9.17, 15) is 22.4 Å². The molecule has 0 aliphatic heterocycles. The molecular weight excluding hydrogens is 288 g/mol. The molecule has 21 heavy (non-hydrogen) atoms. The summed E-state index contributed by atoms with van der Waals surface area (Å²) < 4.78 is 51.4. The average Bonchev–Trinajstić information content (AvgIpc) is 2.41. The van der Waals surface area contributed by atoms with Gasteiger partial charge < -0.3 is 11.1 Å². The number of anilines is 1. The normalized spacial score (nSPS) is 22.9. The topological polar surface area (TPSA) is 55.1 Å². The highest BCUT2D eigenvalue weighted by Gasteiger charge is 2.42. The van der Waals surface area contributed by atoms with Crippen LogP contribution in [0.1, 0.15) is 36.0 Å². The Morgan fingerprint density at radius 2 is 2.00 bits per heavy atom. The number of benzene rings is 1. The summed E-state index contributed by atoms with van der Waals surface area (Å²) in [6.07, 6.45) is -3.38. The molecule has 0 heterocycles. The van der Waals surface area contributed by atoms with Gasteiger partial charge in [-0.1, -0.05) is 6.42 Å². The predicted molar refractivity (Wildman–Crippen MR) is 70.1 cm³/mol. The molecule has 1 amide bonds. The second-order valence-corrected chi connectivity index (χ2v) is 5.31. The van der Waals surface area contributed by atoms with Crippen LogP contribution in [0.2, 0.25) is 0 Å². The van der Waals surface area contributed by atoms with Crippen molar-refractivity contribution >= 4 is 11.6 Å². The van der Waals surface area contributed by atoms with Crippen LogP contribution >= 0.6 is 0 Å². The largest absolute Gasteiger partial charge is 0.396 e. The average molecular weight is 304 g/mol. The fraction of sp³-hybridized carbons (Fsp3) is 0.500. The van der Waals surface area contributed by atoms with Crippen molar-refractivity contribution in [3.63, 3.8) is 0 Å². The maximum absolute atomic E-state index is 13.3. The van der Waals surface area contributed by atoms with Gasteiger partial charge in [0.1, 0.15) is 5.82 Å². The Bertz CT molecular complexity index is 530. The first-order chi connectivity index (χ1) is 9.77. The highest BCUT2D eigenvalue weighted by Crippen LogP contribution is 2.37. The van der Waals surface area contributed by atoms with Crippen molar-refractivity contribution in [1.29, 1.82) is 0 Å². The molecule has 0 bridgehead atoms. The first-order valence-corrected chi connectivity index (χ1v) is 6.70. The molecule has 0 saturated heterocycles. The van der Waals surface area contributed by atoms with E-state index in [1.807, 2.05) is 0 Å². The fourth-order valence-corrected chi connectivity index (χ4v) is 2.56. The van der Waals surface area contributed by atoms with E-state index in [1.165, 1.54) is 12.1 Å². The molecule has 1 aromatic carbocycles. The van der Waals surface area contributed by atoms with Gasteiger partial charge in [0, 0.05) is 11.6 Å². The second-order valence-electron chi connectivity index (χ2n) is 5.31. The summed E-state index contributed by atoms with van der Waals surface area (Å²) >= 11 is 0. The quantitative estimate of drug-likeness (QED) is 0.651.